The van der Waals surface area contributed by atoms with Crippen LogP contribution in [0.25, 0.3) is 0 Å². The fourth-order valence-corrected chi connectivity index (χ4v) is 10.1. The van der Waals surface area contributed by atoms with Crippen LogP contribution in [0.4, 0.5) is 0 Å². The fraction of sp³-hybridized carbons (Fsp3) is 0.538. The summed E-state index contributed by atoms with van der Waals surface area (Å²) in [6.07, 6.45) is 2.33. The van der Waals surface area contributed by atoms with E-state index in [9.17, 15) is 24.0 Å². The number of aromatic nitrogens is 2. The zero-order valence-electron chi connectivity index (χ0n) is 32.0. The van der Waals surface area contributed by atoms with Gasteiger partial charge in [-0.1, -0.05) is 78.3 Å². The van der Waals surface area contributed by atoms with Crippen molar-refractivity contribution in [2.45, 2.75) is 103 Å². The Morgan fingerprint density at radius 2 is 1.40 bits per heavy atom. The van der Waals surface area contributed by atoms with Crippen LogP contribution in [-0.4, -0.2) is 85.9 Å². The highest BCUT2D eigenvalue weighted by molar-refractivity contribution is 8.14. The van der Waals surface area contributed by atoms with Crippen molar-refractivity contribution in [2.24, 2.45) is 22.7 Å². The first kappa shape index (κ1) is 40.5. The summed E-state index contributed by atoms with van der Waals surface area (Å²) in [4.78, 5) is 85.2. The van der Waals surface area contributed by atoms with Crippen LogP contribution in [0.2, 0.25) is 0 Å². The molecular weight excluding hydrogens is 757 g/mol. The number of thiazole rings is 2. The maximum absolute atomic E-state index is 14.1. The quantitative estimate of drug-likeness (QED) is 0.271. The van der Waals surface area contributed by atoms with E-state index in [4.69, 9.17) is 9.98 Å². The highest BCUT2D eigenvalue weighted by Gasteiger charge is 2.40. The van der Waals surface area contributed by atoms with E-state index < -0.39 is 42.2 Å². The number of nitrogens with one attached hydrogen (secondary N) is 4. The molecule has 3 aliphatic rings. The molecule has 55 heavy (non-hydrogen) atoms. The van der Waals surface area contributed by atoms with E-state index in [-0.39, 0.29) is 52.8 Å². The van der Waals surface area contributed by atoms with Crippen molar-refractivity contribution in [2.75, 3.05) is 12.3 Å². The van der Waals surface area contributed by atoms with E-state index in [0.29, 0.717) is 46.6 Å². The second-order valence-corrected chi connectivity index (χ2v) is 18.0. The highest BCUT2D eigenvalue weighted by Crippen LogP contribution is 2.31. The smallest absolute Gasteiger partial charge is 0.271 e. The molecule has 1 fully saturated rings. The Hall–Kier alpha value is -4.15. The number of hydrogen-bond acceptors (Lipinski definition) is 11. The van der Waals surface area contributed by atoms with Crippen molar-refractivity contribution >= 4 is 69.0 Å². The summed E-state index contributed by atoms with van der Waals surface area (Å²) in [6, 6.07) is 5.99. The topological polar surface area (TPSA) is 175 Å². The molecule has 1 aromatic carbocycles. The minimum Gasteiger partial charge on any atom is -0.345 e. The number of fused-ring (bicyclic) bond motifs is 6. The minimum atomic E-state index is -0.889. The molecule has 6 bridgehead atoms. The highest BCUT2D eigenvalue weighted by atomic mass is 32.2. The number of nitrogens with zero attached hydrogens (tertiary/aromatic N) is 4. The van der Waals surface area contributed by atoms with Gasteiger partial charge in [-0.25, -0.2) is 9.97 Å². The predicted octanol–water partition coefficient (Wildman–Crippen LogP) is 4.93. The molecule has 0 saturated carbocycles. The first-order valence-electron chi connectivity index (χ1n) is 19.0. The van der Waals surface area contributed by atoms with Crippen molar-refractivity contribution < 1.29 is 24.0 Å². The monoisotopic (exact) mass is 806 g/mol. The Labute approximate surface area is 334 Å². The molecule has 6 rings (SSSR count). The van der Waals surface area contributed by atoms with Gasteiger partial charge in [-0.15, -0.1) is 34.4 Å². The maximum atomic E-state index is 14.1. The number of thioether (sulfide) groups is 1. The zero-order chi connectivity index (χ0) is 39.4. The third-order valence-corrected chi connectivity index (χ3v) is 13.5. The van der Waals surface area contributed by atoms with Gasteiger partial charge in [-0.3, -0.25) is 29.0 Å². The Morgan fingerprint density at radius 3 is 2.04 bits per heavy atom. The van der Waals surface area contributed by atoms with Crippen LogP contribution in [-0.2, 0) is 20.8 Å². The SMILES string of the molecule is CCC(C)C1NC(=O)C2CSC(=N2)C(Cc2ccccc2)NC(=O)c2csc(n2)C(C(C)C)NC(=O)C2CCCN2C(=O)C(C(C)C)NC(=O)c2csc1n2. The van der Waals surface area contributed by atoms with Crippen molar-refractivity contribution in [1.82, 2.24) is 36.1 Å². The molecule has 2 aromatic heterocycles. The third-order valence-electron chi connectivity index (χ3n) is 10.4. The maximum Gasteiger partial charge on any atom is 0.271 e. The van der Waals surface area contributed by atoms with Crippen LogP contribution in [0, 0.1) is 17.8 Å². The van der Waals surface area contributed by atoms with Gasteiger partial charge in [0.1, 0.15) is 39.5 Å². The van der Waals surface area contributed by atoms with E-state index >= 15 is 0 Å². The van der Waals surface area contributed by atoms with Crippen LogP contribution in [0.5, 0.6) is 0 Å². The lowest BCUT2D eigenvalue weighted by Gasteiger charge is -2.31. The number of carbonyl (C=O) groups excluding carboxylic acids is 5. The summed E-state index contributed by atoms with van der Waals surface area (Å²) in [5.41, 5.74) is 1.38. The zero-order valence-corrected chi connectivity index (χ0v) is 34.5. The van der Waals surface area contributed by atoms with Crippen LogP contribution in [0.1, 0.15) is 109 Å². The lowest BCUT2D eigenvalue weighted by atomic mass is 9.99. The average Bonchev–Trinajstić information content (AvgIpc) is 4.01. The van der Waals surface area contributed by atoms with Gasteiger partial charge in [0.05, 0.1) is 23.2 Å². The summed E-state index contributed by atoms with van der Waals surface area (Å²) in [5, 5.41) is 17.5. The van der Waals surface area contributed by atoms with E-state index in [2.05, 4.69) is 26.3 Å². The Bertz CT molecular complexity index is 1910. The lowest BCUT2D eigenvalue weighted by Crippen LogP contribution is -2.55. The molecule has 1 saturated heterocycles. The van der Waals surface area contributed by atoms with Crippen molar-refractivity contribution in [3.63, 3.8) is 0 Å². The van der Waals surface area contributed by atoms with E-state index in [0.717, 1.165) is 12.0 Å². The standard InChI is InChI=1S/C39H50N8O5S3/c1-7-22(6)31-38-43-27(19-55-38)33(49)45-30(21(4)5)39(52)47-15-11-14-28(47)35(51)44-29(20(2)3)37-42-25(18-54-37)32(48)40-24(16-23-12-9-8-10-13-23)36-41-26(17-53-36)34(50)46-31/h8-10,12-13,18-22,24,26,28-31H,7,11,14-17H2,1-6H3,(H,40,48)(H,44,51)(H,45,49)(H,46,50). The number of rotatable bonds is 6. The number of carbonyl (C=O) groups is 5. The van der Waals surface area contributed by atoms with Gasteiger partial charge >= 0.3 is 0 Å². The largest absolute Gasteiger partial charge is 0.345 e. The third kappa shape index (κ3) is 9.29. The summed E-state index contributed by atoms with van der Waals surface area (Å²) in [6.45, 7) is 12.1. The van der Waals surface area contributed by atoms with Crippen LogP contribution in [0.15, 0.2) is 46.1 Å². The Kier molecular flexibility index (Phi) is 13.1. The van der Waals surface area contributed by atoms with Crippen molar-refractivity contribution in [1.29, 1.82) is 0 Å². The van der Waals surface area contributed by atoms with Gasteiger partial charge in [-0.05, 0) is 42.6 Å². The molecule has 4 N–H and O–H groups in total. The van der Waals surface area contributed by atoms with Crippen molar-refractivity contribution in [3.8, 4) is 0 Å². The van der Waals surface area contributed by atoms with E-state index in [1.54, 1.807) is 15.7 Å². The van der Waals surface area contributed by atoms with Gasteiger partial charge in [-0.2, -0.15) is 0 Å². The van der Waals surface area contributed by atoms with Crippen LogP contribution >= 0.6 is 34.4 Å². The summed E-state index contributed by atoms with van der Waals surface area (Å²) < 4.78 is 0. The molecule has 16 heteroatoms. The second-order valence-electron chi connectivity index (χ2n) is 15.1. The number of hydrogen-bond donors (Lipinski definition) is 4. The van der Waals surface area contributed by atoms with E-state index in [1.165, 1.54) is 34.4 Å². The molecule has 5 heterocycles. The molecule has 13 nitrogen and oxygen atoms in total. The summed E-state index contributed by atoms with van der Waals surface area (Å²) in [5.74, 6) is -1.71. The molecule has 3 aromatic rings. The number of aliphatic imine (C=N–C) groups is 1. The first-order valence-corrected chi connectivity index (χ1v) is 21.8. The van der Waals surface area contributed by atoms with Gasteiger partial charge in [0.25, 0.3) is 11.8 Å². The van der Waals surface area contributed by atoms with Crippen molar-refractivity contribution in [3.05, 3.63) is 68.1 Å². The summed E-state index contributed by atoms with van der Waals surface area (Å²) >= 11 is 4.02. The molecule has 294 valence electrons. The molecule has 0 aliphatic carbocycles. The molecule has 7 atom stereocenters. The van der Waals surface area contributed by atoms with Gasteiger partial charge in [0.2, 0.25) is 17.7 Å². The van der Waals surface area contributed by atoms with Gasteiger partial charge in [0.15, 0.2) is 0 Å². The Balaban J connectivity index is 1.37. The summed E-state index contributed by atoms with van der Waals surface area (Å²) in [7, 11) is 0. The lowest BCUT2D eigenvalue weighted by molar-refractivity contribution is -0.141. The molecule has 7 unspecified atom stereocenters. The molecular formula is C39H50N8O5S3. The molecule has 0 radical (unpaired) electrons. The minimum absolute atomic E-state index is 0.00581. The van der Waals surface area contributed by atoms with Crippen LogP contribution < -0.4 is 21.3 Å². The van der Waals surface area contributed by atoms with E-state index in [1.807, 2.05) is 71.9 Å². The van der Waals surface area contributed by atoms with Gasteiger partial charge < -0.3 is 26.2 Å². The first-order chi connectivity index (χ1) is 26.3. The average molecular weight is 807 g/mol. The molecule has 3 aliphatic heterocycles. The van der Waals surface area contributed by atoms with Crippen LogP contribution in [0.3, 0.4) is 0 Å². The molecule has 0 spiro atoms. The Morgan fingerprint density at radius 1 is 0.782 bits per heavy atom. The molecule has 5 amide bonds. The fourth-order valence-electron chi connectivity index (χ4n) is 6.97. The number of amides is 5. The normalized spacial score (nSPS) is 26.1. The second kappa shape index (κ2) is 17.8. The number of benzene rings is 1. The predicted molar refractivity (Wildman–Crippen MR) is 216 cm³/mol. The van der Waals surface area contributed by atoms with Gasteiger partial charge in [0, 0.05) is 23.1 Å².